The highest BCUT2D eigenvalue weighted by Crippen LogP contribution is 2.30. The predicted molar refractivity (Wildman–Crippen MR) is 130 cm³/mol. The Bertz CT molecular complexity index is 1290. The average molecular weight is 526 g/mol. The molecule has 6 nitrogen and oxygen atoms in total. The third-order valence-corrected chi connectivity index (χ3v) is 6.05. The standard InChI is InChI=1S/C25H18BrClN2O4/c1-15-7-9-18(13-21(15)27)29-24(31)19(23(30)28-25(29)32)11-17-8-10-22(20(26)12-17)33-14-16-5-3-2-4-6-16/h2-13H,14H2,1H3,(H,28,30,32)/b19-11-. The van der Waals surface area contributed by atoms with Crippen LogP contribution in [0.5, 0.6) is 5.75 Å². The molecule has 33 heavy (non-hydrogen) atoms. The largest absolute Gasteiger partial charge is 0.488 e. The Morgan fingerprint density at radius 3 is 2.48 bits per heavy atom. The highest BCUT2D eigenvalue weighted by molar-refractivity contribution is 9.10. The Labute approximate surface area is 203 Å². The smallest absolute Gasteiger partial charge is 0.335 e. The van der Waals surface area contributed by atoms with Crippen LogP contribution in [0, 0.1) is 6.92 Å². The van der Waals surface area contributed by atoms with E-state index in [4.69, 9.17) is 16.3 Å². The van der Waals surface area contributed by atoms with E-state index in [2.05, 4.69) is 21.2 Å². The van der Waals surface area contributed by atoms with Crippen molar-refractivity contribution < 1.29 is 19.1 Å². The van der Waals surface area contributed by atoms with E-state index < -0.39 is 17.8 Å². The van der Waals surface area contributed by atoms with E-state index >= 15 is 0 Å². The number of anilines is 1. The summed E-state index contributed by atoms with van der Waals surface area (Å²) in [5.74, 6) is -0.879. The van der Waals surface area contributed by atoms with E-state index in [1.54, 1.807) is 30.3 Å². The summed E-state index contributed by atoms with van der Waals surface area (Å²) in [6.45, 7) is 2.21. The summed E-state index contributed by atoms with van der Waals surface area (Å²) >= 11 is 9.62. The monoisotopic (exact) mass is 524 g/mol. The molecule has 4 rings (SSSR count). The molecular weight excluding hydrogens is 508 g/mol. The SMILES string of the molecule is Cc1ccc(N2C(=O)NC(=O)/C(=C/c3ccc(OCc4ccccc4)c(Br)c3)C2=O)cc1Cl. The Balaban J connectivity index is 1.58. The number of barbiturate groups is 1. The number of nitrogens with zero attached hydrogens (tertiary/aromatic N) is 1. The van der Waals surface area contributed by atoms with Gasteiger partial charge in [-0.2, -0.15) is 0 Å². The number of benzene rings is 3. The lowest BCUT2D eigenvalue weighted by molar-refractivity contribution is -0.122. The second kappa shape index (κ2) is 9.60. The molecule has 0 atom stereocenters. The minimum atomic E-state index is -0.826. The Morgan fingerprint density at radius 2 is 1.79 bits per heavy atom. The second-order valence-corrected chi connectivity index (χ2v) is 8.62. The van der Waals surface area contributed by atoms with Crippen LogP contribution in [-0.4, -0.2) is 17.8 Å². The van der Waals surface area contributed by atoms with Crippen molar-refractivity contribution in [1.82, 2.24) is 5.32 Å². The van der Waals surface area contributed by atoms with Crippen LogP contribution in [0.3, 0.4) is 0 Å². The van der Waals surface area contributed by atoms with E-state index in [0.29, 0.717) is 27.4 Å². The average Bonchev–Trinajstić information content (AvgIpc) is 2.79. The van der Waals surface area contributed by atoms with Crippen molar-refractivity contribution in [2.45, 2.75) is 13.5 Å². The number of ether oxygens (including phenoxy) is 1. The number of halogens is 2. The van der Waals surface area contributed by atoms with E-state index in [-0.39, 0.29) is 11.3 Å². The van der Waals surface area contributed by atoms with Crippen molar-refractivity contribution in [3.63, 3.8) is 0 Å². The number of carbonyl (C=O) groups is 3. The van der Waals surface area contributed by atoms with Crippen molar-refractivity contribution in [2.75, 3.05) is 4.90 Å². The zero-order chi connectivity index (χ0) is 23.5. The number of aryl methyl sites for hydroxylation is 1. The van der Waals surface area contributed by atoms with E-state index in [9.17, 15) is 14.4 Å². The van der Waals surface area contributed by atoms with Gasteiger partial charge in [0.1, 0.15) is 17.9 Å². The van der Waals surface area contributed by atoms with Gasteiger partial charge >= 0.3 is 6.03 Å². The topological polar surface area (TPSA) is 75.7 Å². The highest BCUT2D eigenvalue weighted by Gasteiger charge is 2.37. The van der Waals surface area contributed by atoms with Crippen LogP contribution in [-0.2, 0) is 16.2 Å². The summed E-state index contributed by atoms with van der Waals surface area (Å²) in [6.07, 6.45) is 1.43. The van der Waals surface area contributed by atoms with Gasteiger partial charge in [0.25, 0.3) is 11.8 Å². The highest BCUT2D eigenvalue weighted by atomic mass is 79.9. The van der Waals surface area contributed by atoms with Crippen LogP contribution in [0.4, 0.5) is 10.5 Å². The molecule has 0 unspecified atom stereocenters. The lowest BCUT2D eigenvalue weighted by Crippen LogP contribution is -2.54. The summed E-state index contributed by atoms with van der Waals surface area (Å²) in [4.78, 5) is 38.7. The Kier molecular flexibility index (Phi) is 6.62. The fraction of sp³-hybridized carbons (Fsp3) is 0.0800. The molecule has 0 bridgehead atoms. The minimum Gasteiger partial charge on any atom is -0.488 e. The summed E-state index contributed by atoms with van der Waals surface area (Å²) < 4.78 is 6.50. The first-order valence-electron chi connectivity index (χ1n) is 9.97. The summed E-state index contributed by atoms with van der Waals surface area (Å²) in [5.41, 5.74) is 2.52. The maximum Gasteiger partial charge on any atom is 0.335 e. The molecule has 1 saturated heterocycles. The first-order chi connectivity index (χ1) is 15.8. The molecule has 0 aliphatic carbocycles. The number of hydrogen-bond donors (Lipinski definition) is 1. The van der Waals surface area contributed by atoms with Crippen molar-refractivity contribution in [2.24, 2.45) is 0 Å². The molecule has 0 aromatic heterocycles. The van der Waals surface area contributed by atoms with Crippen LogP contribution < -0.4 is 15.0 Å². The number of amides is 4. The molecule has 1 fully saturated rings. The molecule has 3 aromatic rings. The molecule has 1 aliphatic heterocycles. The van der Waals surface area contributed by atoms with Gasteiger partial charge in [-0.25, -0.2) is 9.69 Å². The minimum absolute atomic E-state index is 0.170. The molecule has 1 heterocycles. The van der Waals surface area contributed by atoms with Crippen molar-refractivity contribution in [1.29, 1.82) is 0 Å². The van der Waals surface area contributed by atoms with Gasteiger partial charge in [0.05, 0.1) is 10.2 Å². The lowest BCUT2D eigenvalue weighted by Gasteiger charge is -2.26. The molecule has 0 spiro atoms. The van der Waals surface area contributed by atoms with Gasteiger partial charge < -0.3 is 4.74 Å². The molecule has 1 aliphatic rings. The van der Waals surface area contributed by atoms with E-state index in [1.807, 2.05) is 37.3 Å². The molecule has 3 aromatic carbocycles. The first kappa shape index (κ1) is 22.8. The van der Waals surface area contributed by atoms with Crippen molar-refractivity contribution in [3.05, 3.63) is 98.5 Å². The quantitative estimate of drug-likeness (QED) is 0.345. The van der Waals surface area contributed by atoms with Gasteiger partial charge in [-0.3, -0.25) is 14.9 Å². The van der Waals surface area contributed by atoms with Crippen LogP contribution in [0.25, 0.3) is 6.08 Å². The van der Waals surface area contributed by atoms with Gasteiger partial charge in [-0.15, -0.1) is 0 Å². The molecule has 4 amide bonds. The molecule has 1 N–H and O–H groups in total. The first-order valence-corrected chi connectivity index (χ1v) is 11.1. The predicted octanol–water partition coefficient (Wildman–Crippen LogP) is 5.66. The fourth-order valence-electron chi connectivity index (χ4n) is 3.24. The normalized spacial score (nSPS) is 15.1. The maximum absolute atomic E-state index is 13.1. The Morgan fingerprint density at radius 1 is 1.03 bits per heavy atom. The van der Waals surface area contributed by atoms with Gasteiger partial charge in [0, 0.05) is 5.02 Å². The van der Waals surface area contributed by atoms with Gasteiger partial charge in [-0.05, 0) is 69.9 Å². The number of carbonyl (C=O) groups excluding carboxylic acids is 3. The number of nitrogens with one attached hydrogen (secondary N) is 1. The molecule has 166 valence electrons. The van der Waals surface area contributed by atoms with Crippen molar-refractivity contribution >= 4 is 57.1 Å². The number of urea groups is 1. The zero-order valence-corrected chi connectivity index (χ0v) is 19.8. The molecular formula is C25H18BrClN2O4. The zero-order valence-electron chi connectivity index (χ0n) is 17.5. The molecule has 0 saturated carbocycles. The van der Waals surface area contributed by atoms with Gasteiger partial charge in [-0.1, -0.05) is 54.1 Å². The van der Waals surface area contributed by atoms with Gasteiger partial charge in [0.15, 0.2) is 0 Å². The van der Waals surface area contributed by atoms with E-state index in [1.165, 1.54) is 12.1 Å². The van der Waals surface area contributed by atoms with Crippen LogP contribution in [0.1, 0.15) is 16.7 Å². The van der Waals surface area contributed by atoms with Crippen molar-refractivity contribution in [3.8, 4) is 5.75 Å². The third-order valence-electron chi connectivity index (χ3n) is 5.02. The fourth-order valence-corrected chi connectivity index (χ4v) is 3.92. The Hall–Kier alpha value is -3.42. The molecule has 0 radical (unpaired) electrons. The van der Waals surface area contributed by atoms with Crippen LogP contribution in [0.2, 0.25) is 5.02 Å². The summed E-state index contributed by atoms with van der Waals surface area (Å²) in [7, 11) is 0. The molecule has 8 heteroatoms. The third kappa shape index (κ3) is 4.99. The maximum atomic E-state index is 13.1. The van der Waals surface area contributed by atoms with Crippen LogP contribution in [0.15, 0.2) is 76.8 Å². The number of rotatable bonds is 5. The number of imide groups is 2. The second-order valence-electron chi connectivity index (χ2n) is 7.36. The lowest BCUT2D eigenvalue weighted by atomic mass is 10.1. The van der Waals surface area contributed by atoms with Gasteiger partial charge in [0.2, 0.25) is 0 Å². The van der Waals surface area contributed by atoms with Crippen LogP contribution >= 0.6 is 27.5 Å². The number of hydrogen-bond acceptors (Lipinski definition) is 4. The summed E-state index contributed by atoms with van der Waals surface area (Å²) in [5, 5.41) is 2.61. The summed E-state index contributed by atoms with van der Waals surface area (Å²) in [6, 6.07) is 18.9. The van der Waals surface area contributed by atoms with E-state index in [0.717, 1.165) is 16.0 Å².